The lowest BCUT2D eigenvalue weighted by Gasteiger charge is -2.46. The van der Waals surface area contributed by atoms with Crippen molar-refractivity contribution in [2.75, 3.05) is 14.2 Å². The van der Waals surface area contributed by atoms with E-state index in [2.05, 4.69) is 52.0 Å². The summed E-state index contributed by atoms with van der Waals surface area (Å²) in [6, 6.07) is 0. The van der Waals surface area contributed by atoms with Gasteiger partial charge < -0.3 is 14.2 Å². The van der Waals surface area contributed by atoms with Crippen LogP contribution >= 0.6 is 0 Å². The first-order chi connectivity index (χ1) is 9.86. The van der Waals surface area contributed by atoms with E-state index in [1.165, 1.54) is 0 Å². The summed E-state index contributed by atoms with van der Waals surface area (Å²) in [6.45, 7) is 8.26. The van der Waals surface area contributed by atoms with Gasteiger partial charge in [0.05, 0.1) is 0 Å². The minimum absolute atomic E-state index is 0.101. The average molecular weight is 290 g/mol. The summed E-state index contributed by atoms with van der Waals surface area (Å²) in [5.74, 6) is 0. The molecular formula is C18H26O3. The van der Waals surface area contributed by atoms with E-state index in [0.717, 1.165) is 11.1 Å². The van der Waals surface area contributed by atoms with E-state index < -0.39 is 11.2 Å². The normalized spacial score (nSPS) is 39.1. The van der Waals surface area contributed by atoms with Crippen LogP contribution < -0.4 is 0 Å². The molecule has 21 heavy (non-hydrogen) atoms. The van der Waals surface area contributed by atoms with Gasteiger partial charge in [-0.1, -0.05) is 36.5 Å². The first-order valence-electron chi connectivity index (χ1n) is 7.34. The summed E-state index contributed by atoms with van der Waals surface area (Å²) in [7, 11) is 3.45. The first kappa shape index (κ1) is 16.2. The zero-order valence-electron chi connectivity index (χ0n) is 13.8. The second-order valence-electron chi connectivity index (χ2n) is 6.24. The number of allylic oxidation sites excluding steroid dienone is 4. The molecule has 0 amide bonds. The molecule has 0 aromatic carbocycles. The number of rotatable bonds is 4. The van der Waals surface area contributed by atoms with Crippen LogP contribution in [0.2, 0.25) is 0 Å². The van der Waals surface area contributed by atoms with Crippen LogP contribution in [0.4, 0.5) is 0 Å². The minimum Gasteiger partial charge on any atom is -0.374 e. The van der Waals surface area contributed by atoms with Crippen LogP contribution in [0, 0.1) is 0 Å². The summed E-state index contributed by atoms with van der Waals surface area (Å²) in [6.07, 6.45) is 12.1. The monoisotopic (exact) mass is 290 g/mol. The van der Waals surface area contributed by atoms with Crippen LogP contribution in [0.3, 0.4) is 0 Å². The molecule has 0 heterocycles. The summed E-state index contributed by atoms with van der Waals surface area (Å²) in [5, 5.41) is 0. The maximum atomic E-state index is 6.55. The van der Waals surface area contributed by atoms with Crippen molar-refractivity contribution in [1.82, 2.24) is 0 Å². The lowest BCUT2D eigenvalue weighted by molar-refractivity contribution is -0.176. The Kier molecular flexibility index (Phi) is 4.57. The van der Waals surface area contributed by atoms with Crippen molar-refractivity contribution in [2.45, 2.75) is 51.1 Å². The van der Waals surface area contributed by atoms with E-state index in [9.17, 15) is 0 Å². The molecule has 2 rings (SSSR count). The fourth-order valence-electron chi connectivity index (χ4n) is 3.52. The van der Waals surface area contributed by atoms with E-state index in [1.54, 1.807) is 14.2 Å². The maximum Gasteiger partial charge on any atom is 0.115 e. The summed E-state index contributed by atoms with van der Waals surface area (Å²) >= 11 is 0. The van der Waals surface area contributed by atoms with E-state index in [-0.39, 0.29) is 12.2 Å². The van der Waals surface area contributed by atoms with Crippen molar-refractivity contribution >= 4 is 0 Å². The van der Waals surface area contributed by atoms with Crippen molar-refractivity contribution in [1.29, 1.82) is 0 Å². The zero-order valence-corrected chi connectivity index (χ0v) is 13.8. The standard InChI is InChI=1S/C18H26O3/c1-13-9-7-11-17(3,15(13)19-5)21-18(4)12-8-10-14(2)16(18)20-6/h7-12,15-16H,1-6H3. The molecule has 0 radical (unpaired) electrons. The molecule has 2 aliphatic carbocycles. The number of methoxy groups -OCH3 is 2. The zero-order chi connectivity index (χ0) is 15.7. The molecule has 3 nitrogen and oxygen atoms in total. The van der Waals surface area contributed by atoms with Crippen LogP contribution in [-0.2, 0) is 14.2 Å². The summed E-state index contributed by atoms with van der Waals surface area (Å²) in [4.78, 5) is 0. The molecule has 0 spiro atoms. The predicted molar refractivity (Wildman–Crippen MR) is 85.3 cm³/mol. The molecule has 4 atom stereocenters. The molecule has 0 saturated carbocycles. The quantitative estimate of drug-likeness (QED) is 0.792. The highest BCUT2D eigenvalue weighted by atomic mass is 16.6. The van der Waals surface area contributed by atoms with Crippen molar-refractivity contribution in [3.05, 3.63) is 47.6 Å². The second-order valence-corrected chi connectivity index (χ2v) is 6.24. The number of ether oxygens (including phenoxy) is 3. The molecule has 0 aromatic heterocycles. The van der Waals surface area contributed by atoms with Gasteiger partial charge in [-0.2, -0.15) is 0 Å². The molecule has 116 valence electrons. The number of hydrogen-bond donors (Lipinski definition) is 0. The molecule has 4 unspecified atom stereocenters. The predicted octanol–water partition coefficient (Wildman–Crippen LogP) is 3.58. The van der Waals surface area contributed by atoms with E-state index in [4.69, 9.17) is 14.2 Å². The highest BCUT2D eigenvalue weighted by Gasteiger charge is 2.45. The Morgan fingerprint density at radius 2 is 1.19 bits per heavy atom. The van der Waals surface area contributed by atoms with Crippen LogP contribution in [-0.4, -0.2) is 37.6 Å². The second kappa shape index (κ2) is 5.91. The van der Waals surface area contributed by atoms with Gasteiger partial charge in [0.1, 0.15) is 23.4 Å². The first-order valence-corrected chi connectivity index (χ1v) is 7.34. The van der Waals surface area contributed by atoms with E-state index in [0.29, 0.717) is 0 Å². The van der Waals surface area contributed by atoms with Gasteiger partial charge in [0.2, 0.25) is 0 Å². The Balaban J connectivity index is 2.31. The van der Waals surface area contributed by atoms with E-state index >= 15 is 0 Å². The summed E-state index contributed by atoms with van der Waals surface area (Å²) in [5.41, 5.74) is 1.27. The van der Waals surface area contributed by atoms with Gasteiger partial charge in [-0.3, -0.25) is 0 Å². The Labute approximate surface area is 128 Å². The van der Waals surface area contributed by atoms with Crippen LogP contribution in [0.5, 0.6) is 0 Å². The van der Waals surface area contributed by atoms with Crippen molar-refractivity contribution in [2.24, 2.45) is 0 Å². The van der Waals surface area contributed by atoms with Crippen molar-refractivity contribution in [3.8, 4) is 0 Å². The fraction of sp³-hybridized carbons (Fsp3) is 0.556. The molecule has 2 aliphatic rings. The Bertz CT molecular complexity index is 469. The SMILES string of the molecule is COC1C(C)=CC=CC1(C)OC1(C)C=CC=C(C)C1OC. The molecule has 0 N–H and O–H groups in total. The molecule has 0 saturated heterocycles. The van der Waals surface area contributed by atoms with Gasteiger partial charge in [0, 0.05) is 14.2 Å². The third-order valence-corrected chi connectivity index (χ3v) is 4.35. The van der Waals surface area contributed by atoms with Gasteiger partial charge >= 0.3 is 0 Å². The topological polar surface area (TPSA) is 27.7 Å². The van der Waals surface area contributed by atoms with Crippen LogP contribution in [0.25, 0.3) is 0 Å². The van der Waals surface area contributed by atoms with Gasteiger partial charge in [-0.15, -0.1) is 0 Å². The Morgan fingerprint density at radius 1 is 0.810 bits per heavy atom. The third-order valence-electron chi connectivity index (χ3n) is 4.35. The summed E-state index contributed by atoms with van der Waals surface area (Å²) < 4.78 is 17.9. The van der Waals surface area contributed by atoms with Crippen LogP contribution in [0.1, 0.15) is 27.7 Å². The average Bonchev–Trinajstić information content (AvgIpc) is 2.38. The van der Waals surface area contributed by atoms with E-state index in [1.807, 2.05) is 12.2 Å². The van der Waals surface area contributed by atoms with Gasteiger partial charge in [-0.25, -0.2) is 0 Å². The smallest absolute Gasteiger partial charge is 0.115 e. The molecule has 0 aliphatic heterocycles. The molecular weight excluding hydrogens is 264 g/mol. The molecule has 3 heteroatoms. The maximum absolute atomic E-state index is 6.55. The lowest BCUT2D eigenvalue weighted by atomic mass is 9.84. The molecule has 0 aromatic rings. The van der Waals surface area contributed by atoms with Gasteiger partial charge in [0.25, 0.3) is 0 Å². The van der Waals surface area contributed by atoms with Gasteiger partial charge in [0.15, 0.2) is 0 Å². The lowest BCUT2D eigenvalue weighted by Crippen LogP contribution is -2.54. The number of hydrogen-bond acceptors (Lipinski definition) is 3. The highest BCUT2D eigenvalue weighted by molar-refractivity contribution is 5.33. The third kappa shape index (κ3) is 2.91. The Hall–Kier alpha value is -1.16. The molecule has 0 bridgehead atoms. The van der Waals surface area contributed by atoms with Crippen molar-refractivity contribution in [3.63, 3.8) is 0 Å². The van der Waals surface area contributed by atoms with Gasteiger partial charge in [-0.05, 0) is 38.8 Å². The Morgan fingerprint density at radius 3 is 1.52 bits per heavy atom. The fourth-order valence-corrected chi connectivity index (χ4v) is 3.52. The highest BCUT2D eigenvalue weighted by Crippen LogP contribution is 2.38. The molecule has 0 fully saturated rings. The van der Waals surface area contributed by atoms with Crippen LogP contribution in [0.15, 0.2) is 47.6 Å². The minimum atomic E-state index is -0.527. The largest absolute Gasteiger partial charge is 0.374 e. The van der Waals surface area contributed by atoms with Crippen molar-refractivity contribution < 1.29 is 14.2 Å².